The summed E-state index contributed by atoms with van der Waals surface area (Å²) in [5.41, 5.74) is 0. The molecule has 0 radical (unpaired) electrons. The monoisotopic (exact) mass is 191 g/mol. The van der Waals surface area contributed by atoms with Crippen molar-refractivity contribution in [3.63, 3.8) is 0 Å². The molecule has 0 aromatic carbocycles. The summed E-state index contributed by atoms with van der Waals surface area (Å²) < 4.78 is 15.2. The van der Waals surface area contributed by atoms with E-state index in [1.165, 1.54) is 0 Å². The van der Waals surface area contributed by atoms with Gasteiger partial charge in [0.2, 0.25) is 0 Å². The normalized spacial score (nSPS) is 11.1. The first-order valence-corrected chi connectivity index (χ1v) is 4.69. The number of hydrogen-bond donors (Lipinski definition) is 1. The zero-order valence-corrected chi connectivity index (χ0v) is 8.84. The van der Waals surface area contributed by atoms with E-state index in [1.54, 1.807) is 14.2 Å². The van der Waals surface area contributed by atoms with Crippen molar-refractivity contribution in [1.29, 1.82) is 0 Å². The summed E-state index contributed by atoms with van der Waals surface area (Å²) in [5, 5.41) is 3.22. The number of rotatable bonds is 9. The number of nitrogens with one attached hydrogen (secondary N) is 1. The van der Waals surface area contributed by atoms with Crippen molar-refractivity contribution in [3.05, 3.63) is 0 Å². The molecular weight excluding hydrogens is 170 g/mol. The standard InChI is InChI=1S/C9H21NO3/c1-4-13-7-5-6-10-8-9(11-2)12-3/h9-10H,4-8H2,1-3H3. The van der Waals surface area contributed by atoms with E-state index >= 15 is 0 Å². The van der Waals surface area contributed by atoms with Gasteiger partial charge in [0, 0.05) is 34.0 Å². The Labute approximate surface area is 80.5 Å². The lowest BCUT2D eigenvalue weighted by atomic mass is 10.4. The van der Waals surface area contributed by atoms with Crippen LogP contribution in [0.4, 0.5) is 0 Å². The average Bonchev–Trinajstić information content (AvgIpc) is 2.17. The summed E-state index contributed by atoms with van der Waals surface area (Å²) in [4.78, 5) is 0. The highest BCUT2D eigenvalue weighted by molar-refractivity contribution is 4.50. The van der Waals surface area contributed by atoms with Gasteiger partial charge in [-0.15, -0.1) is 0 Å². The number of hydrogen-bond acceptors (Lipinski definition) is 4. The Hall–Kier alpha value is -0.160. The van der Waals surface area contributed by atoms with Crippen molar-refractivity contribution < 1.29 is 14.2 Å². The van der Waals surface area contributed by atoms with Gasteiger partial charge >= 0.3 is 0 Å². The van der Waals surface area contributed by atoms with Gasteiger partial charge in [-0.25, -0.2) is 0 Å². The molecule has 0 atom stereocenters. The molecular formula is C9H21NO3. The second kappa shape index (κ2) is 9.92. The first-order chi connectivity index (χ1) is 6.35. The molecule has 1 N–H and O–H groups in total. The Morgan fingerprint density at radius 1 is 1.23 bits per heavy atom. The van der Waals surface area contributed by atoms with Crippen LogP contribution in [0.25, 0.3) is 0 Å². The van der Waals surface area contributed by atoms with Crippen LogP contribution in [0.1, 0.15) is 13.3 Å². The maximum absolute atomic E-state index is 5.19. The van der Waals surface area contributed by atoms with Gasteiger partial charge in [-0.05, 0) is 19.9 Å². The Kier molecular flexibility index (Phi) is 9.80. The lowest BCUT2D eigenvalue weighted by Gasteiger charge is -2.13. The third-order valence-electron chi connectivity index (χ3n) is 1.68. The van der Waals surface area contributed by atoms with Gasteiger partial charge < -0.3 is 19.5 Å². The molecule has 0 saturated carbocycles. The third kappa shape index (κ3) is 8.18. The van der Waals surface area contributed by atoms with Crippen molar-refractivity contribution in [2.75, 3.05) is 40.5 Å². The Morgan fingerprint density at radius 2 is 1.92 bits per heavy atom. The summed E-state index contributed by atoms with van der Waals surface area (Å²) in [6.45, 7) is 5.26. The van der Waals surface area contributed by atoms with Crippen LogP contribution in [0.15, 0.2) is 0 Å². The van der Waals surface area contributed by atoms with E-state index in [0.717, 1.165) is 32.7 Å². The van der Waals surface area contributed by atoms with E-state index in [9.17, 15) is 0 Å². The quantitative estimate of drug-likeness (QED) is 0.428. The van der Waals surface area contributed by atoms with Crippen LogP contribution in [0.3, 0.4) is 0 Å². The molecule has 0 aliphatic rings. The Balaban J connectivity index is 3.05. The molecule has 0 bridgehead atoms. The zero-order chi connectivity index (χ0) is 9.94. The van der Waals surface area contributed by atoms with Crippen LogP contribution in [0.5, 0.6) is 0 Å². The highest BCUT2D eigenvalue weighted by Gasteiger charge is 2.02. The maximum Gasteiger partial charge on any atom is 0.169 e. The van der Waals surface area contributed by atoms with Gasteiger partial charge in [-0.1, -0.05) is 0 Å². The molecule has 0 saturated heterocycles. The minimum atomic E-state index is -0.146. The summed E-state index contributed by atoms with van der Waals surface area (Å²) in [5.74, 6) is 0. The molecule has 0 spiro atoms. The smallest absolute Gasteiger partial charge is 0.169 e. The van der Waals surface area contributed by atoms with Crippen molar-refractivity contribution in [1.82, 2.24) is 5.32 Å². The lowest BCUT2D eigenvalue weighted by Crippen LogP contribution is -2.30. The topological polar surface area (TPSA) is 39.7 Å². The molecule has 0 heterocycles. The fourth-order valence-corrected chi connectivity index (χ4v) is 0.926. The summed E-state index contributed by atoms with van der Waals surface area (Å²) in [6, 6.07) is 0. The van der Waals surface area contributed by atoms with E-state index < -0.39 is 0 Å². The minimum Gasteiger partial charge on any atom is -0.382 e. The summed E-state index contributed by atoms with van der Waals surface area (Å²) in [7, 11) is 3.27. The van der Waals surface area contributed by atoms with Gasteiger partial charge in [-0.3, -0.25) is 0 Å². The lowest BCUT2D eigenvalue weighted by molar-refractivity contribution is -0.0987. The zero-order valence-electron chi connectivity index (χ0n) is 8.84. The second-order valence-corrected chi connectivity index (χ2v) is 2.66. The van der Waals surface area contributed by atoms with E-state index in [4.69, 9.17) is 14.2 Å². The number of methoxy groups -OCH3 is 2. The van der Waals surface area contributed by atoms with Crippen molar-refractivity contribution in [2.24, 2.45) is 0 Å². The molecule has 0 aromatic heterocycles. The predicted octanol–water partition coefficient (Wildman–Crippen LogP) is 0.622. The van der Waals surface area contributed by atoms with Crippen LogP contribution < -0.4 is 5.32 Å². The van der Waals surface area contributed by atoms with Gasteiger partial charge in [0.05, 0.1) is 0 Å². The maximum atomic E-state index is 5.19. The van der Waals surface area contributed by atoms with E-state index in [2.05, 4.69) is 5.32 Å². The van der Waals surface area contributed by atoms with Crippen LogP contribution >= 0.6 is 0 Å². The van der Waals surface area contributed by atoms with Crippen LogP contribution in [-0.4, -0.2) is 46.8 Å². The first-order valence-electron chi connectivity index (χ1n) is 4.69. The molecule has 13 heavy (non-hydrogen) atoms. The molecule has 4 heteroatoms. The molecule has 0 rings (SSSR count). The van der Waals surface area contributed by atoms with E-state index in [0.29, 0.717) is 0 Å². The van der Waals surface area contributed by atoms with Crippen LogP contribution in [0.2, 0.25) is 0 Å². The molecule has 0 amide bonds. The molecule has 0 aliphatic heterocycles. The molecule has 0 fully saturated rings. The Morgan fingerprint density at radius 3 is 2.46 bits per heavy atom. The van der Waals surface area contributed by atoms with E-state index in [1.807, 2.05) is 6.92 Å². The average molecular weight is 191 g/mol. The van der Waals surface area contributed by atoms with Crippen molar-refractivity contribution in [3.8, 4) is 0 Å². The van der Waals surface area contributed by atoms with Gasteiger partial charge in [0.25, 0.3) is 0 Å². The minimum absolute atomic E-state index is 0.146. The highest BCUT2D eigenvalue weighted by Crippen LogP contribution is 1.87. The first kappa shape index (κ1) is 12.8. The van der Waals surface area contributed by atoms with Crippen molar-refractivity contribution in [2.45, 2.75) is 19.6 Å². The van der Waals surface area contributed by atoms with Crippen LogP contribution in [-0.2, 0) is 14.2 Å². The van der Waals surface area contributed by atoms with Crippen molar-refractivity contribution >= 4 is 0 Å². The SMILES string of the molecule is CCOCCCNCC(OC)OC. The molecule has 0 aliphatic carbocycles. The van der Waals surface area contributed by atoms with Gasteiger partial charge in [0.15, 0.2) is 6.29 Å². The van der Waals surface area contributed by atoms with E-state index in [-0.39, 0.29) is 6.29 Å². The molecule has 4 nitrogen and oxygen atoms in total. The second-order valence-electron chi connectivity index (χ2n) is 2.66. The van der Waals surface area contributed by atoms with Gasteiger partial charge in [0.1, 0.15) is 0 Å². The molecule has 0 unspecified atom stereocenters. The third-order valence-corrected chi connectivity index (χ3v) is 1.68. The fraction of sp³-hybridized carbons (Fsp3) is 1.00. The highest BCUT2D eigenvalue weighted by atomic mass is 16.7. The Bertz CT molecular complexity index is 96.9. The van der Waals surface area contributed by atoms with Gasteiger partial charge in [-0.2, -0.15) is 0 Å². The largest absolute Gasteiger partial charge is 0.382 e. The van der Waals surface area contributed by atoms with Crippen LogP contribution in [0, 0.1) is 0 Å². The number of ether oxygens (including phenoxy) is 3. The predicted molar refractivity (Wildman–Crippen MR) is 51.8 cm³/mol. The molecule has 0 aromatic rings. The fourth-order valence-electron chi connectivity index (χ4n) is 0.926. The summed E-state index contributed by atoms with van der Waals surface area (Å²) in [6.07, 6.45) is 0.876. The summed E-state index contributed by atoms with van der Waals surface area (Å²) >= 11 is 0. The molecule has 80 valence electrons.